The summed E-state index contributed by atoms with van der Waals surface area (Å²) in [5.74, 6) is 0.322. The summed E-state index contributed by atoms with van der Waals surface area (Å²) in [6.07, 6.45) is 0.397. The van der Waals surface area contributed by atoms with E-state index in [1.165, 1.54) is 0 Å². The zero-order valence-electron chi connectivity index (χ0n) is 14.5. The molecule has 0 aliphatic carbocycles. The average molecular weight is 349 g/mol. The molecule has 7 heteroatoms. The van der Waals surface area contributed by atoms with Gasteiger partial charge in [0.1, 0.15) is 5.82 Å². The van der Waals surface area contributed by atoms with Crippen molar-refractivity contribution in [3.8, 4) is 0 Å². The number of amides is 1. The molecule has 0 bridgehead atoms. The van der Waals surface area contributed by atoms with Gasteiger partial charge in [-0.3, -0.25) is 4.79 Å². The van der Waals surface area contributed by atoms with Crippen molar-refractivity contribution in [3.05, 3.63) is 24.0 Å². The van der Waals surface area contributed by atoms with E-state index >= 15 is 0 Å². The fourth-order valence-corrected chi connectivity index (χ4v) is 4.94. The molecule has 0 spiro atoms. The highest BCUT2D eigenvalue weighted by molar-refractivity contribution is 7.91. The maximum atomic E-state index is 12.3. The molecule has 1 fully saturated rings. The minimum Gasteiger partial charge on any atom is -0.331 e. The number of carbonyl (C=O) groups excluding carboxylic acids is 1. The lowest BCUT2D eigenvalue weighted by molar-refractivity contribution is -0.119. The van der Waals surface area contributed by atoms with Gasteiger partial charge in [-0.25, -0.2) is 13.4 Å². The zero-order valence-corrected chi connectivity index (χ0v) is 15.3. The summed E-state index contributed by atoms with van der Waals surface area (Å²) in [5, 5.41) is 2.83. The zero-order chi connectivity index (χ0) is 17.7. The van der Waals surface area contributed by atoms with Crippen LogP contribution in [0.5, 0.6) is 0 Å². The fraction of sp³-hybridized carbons (Fsp3) is 0.529. The molecule has 1 aromatic heterocycles. The van der Waals surface area contributed by atoms with Gasteiger partial charge < -0.3 is 9.88 Å². The highest BCUT2D eigenvalue weighted by Crippen LogP contribution is 2.27. The van der Waals surface area contributed by atoms with E-state index in [2.05, 4.69) is 35.6 Å². The van der Waals surface area contributed by atoms with Crippen molar-refractivity contribution in [2.45, 2.75) is 32.6 Å². The van der Waals surface area contributed by atoms with Crippen LogP contribution in [-0.4, -0.2) is 35.4 Å². The summed E-state index contributed by atoms with van der Waals surface area (Å²) in [6.45, 7) is 6.33. The van der Waals surface area contributed by atoms with E-state index in [-0.39, 0.29) is 22.8 Å². The third-order valence-corrected chi connectivity index (χ3v) is 6.19. The Kier molecular flexibility index (Phi) is 3.94. The van der Waals surface area contributed by atoms with Gasteiger partial charge in [0.25, 0.3) is 0 Å². The summed E-state index contributed by atoms with van der Waals surface area (Å²) in [5.41, 5.74) is 2.39. The fourth-order valence-electron chi connectivity index (χ4n) is 3.19. The first-order valence-electron chi connectivity index (χ1n) is 8.05. The highest BCUT2D eigenvalue weighted by atomic mass is 32.2. The molecule has 1 amide bonds. The molecule has 1 unspecified atom stereocenters. The van der Waals surface area contributed by atoms with Crippen molar-refractivity contribution in [2.24, 2.45) is 13.0 Å². The Labute approximate surface area is 142 Å². The number of hydrogen-bond donors (Lipinski definition) is 1. The van der Waals surface area contributed by atoms with Crippen LogP contribution < -0.4 is 5.32 Å². The normalized spacial score (nSPS) is 20.4. The summed E-state index contributed by atoms with van der Waals surface area (Å²) < 4.78 is 25.1. The van der Waals surface area contributed by atoms with Gasteiger partial charge in [0, 0.05) is 18.2 Å². The van der Waals surface area contributed by atoms with Crippen LogP contribution >= 0.6 is 0 Å². The first-order chi connectivity index (χ1) is 11.1. The molecule has 1 aliphatic rings. The number of hydrogen-bond acceptors (Lipinski definition) is 4. The van der Waals surface area contributed by atoms with Gasteiger partial charge in [-0.2, -0.15) is 0 Å². The summed E-state index contributed by atoms with van der Waals surface area (Å²) in [6, 6.07) is 5.60. The molecule has 1 atom stereocenters. The van der Waals surface area contributed by atoms with E-state index in [9.17, 15) is 13.2 Å². The highest BCUT2D eigenvalue weighted by Gasteiger charge is 2.33. The quantitative estimate of drug-likeness (QED) is 0.901. The lowest BCUT2D eigenvalue weighted by Gasteiger charge is -2.17. The Hall–Kier alpha value is -1.89. The van der Waals surface area contributed by atoms with Gasteiger partial charge >= 0.3 is 0 Å². The molecule has 130 valence electrons. The Balaban J connectivity index is 1.85. The summed E-state index contributed by atoms with van der Waals surface area (Å²) in [4.78, 5) is 17.0. The van der Waals surface area contributed by atoms with Gasteiger partial charge in [-0.15, -0.1) is 0 Å². The van der Waals surface area contributed by atoms with Crippen molar-refractivity contribution in [1.82, 2.24) is 9.55 Å². The molecule has 3 rings (SSSR count). The maximum Gasteiger partial charge on any atom is 0.228 e. The molecule has 0 saturated carbocycles. The van der Waals surface area contributed by atoms with Gasteiger partial charge in [0.2, 0.25) is 5.91 Å². The van der Waals surface area contributed by atoms with E-state index in [1.807, 2.05) is 25.2 Å². The standard InChI is InChI=1S/C17H23N3O3S/c1-17(2,3)16-19-13-9-12(5-6-14(13)20(16)4)18-15(21)11-7-8-24(22,23)10-11/h5-6,9,11H,7-8,10H2,1-4H3,(H,18,21). The lowest BCUT2D eigenvalue weighted by Crippen LogP contribution is -2.23. The number of benzene rings is 1. The van der Waals surface area contributed by atoms with Gasteiger partial charge in [-0.05, 0) is 24.6 Å². The van der Waals surface area contributed by atoms with Crippen molar-refractivity contribution in [1.29, 1.82) is 0 Å². The van der Waals surface area contributed by atoms with Crippen LogP contribution in [0.25, 0.3) is 11.0 Å². The van der Waals surface area contributed by atoms with Crippen molar-refractivity contribution in [3.63, 3.8) is 0 Å². The minimum absolute atomic E-state index is 0.0567. The van der Waals surface area contributed by atoms with Crippen LogP contribution in [0.3, 0.4) is 0 Å². The molecule has 0 radical (unpaired) electrons. The van der Waals surface area contributed by atoms with E-state index < -0.39 is 15.8 Å². The monoisotopic (exact) mass is 349 g/mol. The first kappa shape index (κ1) is 17.0. The molecular formula is C17H23N3O3S. The predicted octanol–water partition coefficient (Wildman–Crippen LogP) is 2.24. The number of nitrogens with zero attached hydrogens (tertiary/aromatic N) is 2. The number of aryl methyl sites for hydroxylation is 1. The van der Waals surface area contributed by atoms with Gasteiger partial charge in [0.05, 0.1) is 28.5 Å². The van der Waals surface area contributed by atoms with Gasteiger partial charge in [-0.1, -0.05) is 20.8 Å². The number of nitrogens with one attached hydrogen (secondary N) is 1. The van der Waals surface area contributed by atoms with Crippen LogP contribution in [0.15, 0.2) is 18.2 Å². The number of imidazole rings is 1. The number of fused-ring (bicyclic) bond motifs is 1. The van der Waals surface area contributed by atoms with E-state index in [0.717, 1.165) is 16.9 Å². The first-order valence-corrected chi connectivity index (χ1v) is 9.87. The minimum atomic E-state index is -3.06. The number of anilines is 1. The second-order valence-electron chi connectivity index (χ2n) is 7.54. The van der Waals surface area contributed by atoms with Crippen molar-refractivity contribution >= 4 is 32.5 Å². The Bertz CT molecular complexity index is 907. The number of aromatic nitrogens is 2. The second-order valence-corrected chi connectivity index (χ2v) is 9.77. The topological polar surface area (TPSA) is 81.1 Å². The Morgan fingerprint density at radius 1 is 1.33 bits per heavy atom. The largest absolute Gasteiger partial charge is 0.331 e. The maximum absolute atomic E-state index is 12.3. The number of carbonyl (C=O) groups is 1. The predicted molar refractivity (Wildman–Crippen MR) is 94.8 cm³/mol. The second kappa shape index (κ2) is 5.58. The lowest BCUT2D eigenvalue weighted by atomic mass is 9.96. The third kappa shape index (κ3) is 3.17. The van der Waals surface area contributed by atoms with Crippen LogP contribution in [0.1, 0.15) is 33.0 Å². The molecule has 1 saturated heterocycles. The van der Waals surface area contributed by atoms with Crippen molar-refractivity contribution in [2.75, 3.05) is 16.8 Å². The molecule has 2 heterocycles. The summed E-state index contributed by atoms with van der Waals surface area (Å²) in [7, 11) is -1.08. The summed E-state index contributed by atoms with van der Waals surface area (Å²) >= 11 is 0. The van der Waals surface area contributed by atoms with Gasteiger partial charge in [0.15, 0.2) is 9.84 Å². The number of sulfone groups is 1. The molecule has 1 aliphatic heterocycles. The smallest absolute Gasteiger partial charge is 0.228 e. The van der Waals surface area contributed by atoms with E-state index in [4.69, 9.17) is 0 Å². The van der Waals surface area contributed by atoms with Crippen LogP contribution in [0.4, 0.5) is 5.69 Å². The molecule has 1 N–H and O–H groups in total. The van der Waals surface area contributed by atoms with Crippen molar-refractivity contribution < 1.29 is 13.2 Å². The van der Waals surface area contributed by atoms with E-state index in [0.29, 0.717) is 12.1 Å². The third-order valence-electron chi connectivity index (χ3n) is 4.42. The average Bonchev–Trinajstić information content (AvgIpc) is 2.99. The molecule has 2 aromatic rings. The molecule has 6 nitrogen and oxygen atoms in total. The van der Waals surface area contributed by atoms with Crippen LogP contribution in [0.2, 0.25) is 0 Å². The van der Waals surface area contributed by atoms with Crippen LogP contribution in [-0.2, 0) is 27.1 Å². The SMILES string of the molecule is Cn1c(C(C)(C)C)nc2cc(NC(=O)C3CCS(=O)(=O)C3)ccc21. The molecular weight excluding hydrogens is 326 g/mol. The molecule has 24 heavy (non-hydrogen) atoms. The number of rotatable bonds is 2. The Morgan fingerprint density at radius 3 is 2.62 bits per heavy atom. The van der Waals surface area contributed by atoms with E-state index in [1.54, 1.807) is 0 Å². The Morgan fingerprint density at radius 2 is 2.04 bits per heavy atom. The van der Waals surface area contributed by atoms with Crippen LogP contribution in [0, 0.1) is 5.92 Å². The molecule has 1 aromatic carbocycles.